The minimum absolute atomic E-state index is 0.212. The molecule has 0 fully saturated rings. The van der Waals surface area contributed by atoms with E-state index in [2.05, 4.69) is 20.7 Å². The van der Waals surface area contributed by atoms with Gasteiger partial charge in [-0.1, -0.05) is 28.9 Å². The molecule has 1 aromatic carbocycles. The van der Waals surface area contributed by atoms with Crippen molar-refractivity contribution in [3.63, 3.8) is 0 Å². The smallest absolute Gasteiger partial charge is 0.308 e. The molecule has 88 valence electrons. The van der Waals surface area contributed by atoms with E-state index in [1.165, 1.54) is 13.2 Å². The number of carbonyl (C=O) groups is 1. The predicted octanol–water partition coefficient (Wildman–Crippen LogP) is 3.33. The number of benzene rings is 1. The molecule has 0 aliphatic carbocycles. The van der Waals surface area contributed by atoms with Gasteiger partial charge in [0.2, 0.25) is 0 Å². The van der Waals surface area contributed by atoms with Crippen LogP contribution in [0.1, 0.15) is 18.9 Å². The molecule has 4 heteroatoms. The molecule has 0 amide bonds. The second-order valence-electron chi connectivity index (χ2n) is 3.66. The quantitative estimate of drug-likeness (QED) is 0.795. The molecule has 0 heterocycles. The van der Waals surface area contributed by atoms with Gasteiger partial charge in [-0.25, -0.2) is 4.39 Å². The molecule has 1 aromatic rings. The topological polar surface area (TPSA) is 26.3 Å². The summed E-state index contributed by atoms with van der Waals surface area (Å²) < 4.78 is 18.8. The van der Waals surface area contributed by atoms with Crippen molar-refractivity contribution in [3.05, 3.63) is 34.1 Å². The number of hydrogen-bond acceptors (Lipinski definition) is 2. The van der Waals surface area contributed by atoms with Crippen molar-refractivity contribution < 1.29 is 13.9 Å². The number of rotatable bonds is 4. The molecule has 1 atom stereocenters. The van der Waals surface area contributed by atoms with Crippen molar-refractivity contribution >= 4 is 21.9 Å². The maximum atomic E-state index is 13.4. The molecular formula is C12H14BrFO2. The zero-order chi connectivity index (χ0) is 12.1. The largest absolute Gasteiger partial charge is 0.469 e. The van der Waals surface area contributed by atoms with E-state index in [0.717, 1.165) is 4.47 Å². The Morgan fingerprint density at radius 1 is 1.56 bits per heavy atom. The maximum absolute atomic E-state index is 13.4. The molecule has 2 nitrogen and oxygen atoms in total. The molecule has 0 saturated heterocycles. The van der Waals surface area contributed by atoms with Crippen LogP contribution in [-0.2, 0) is 16.0 Å². The summed E-state index contributed by atoms with van der Waals surface area (Å²) in [5.41, 5.74) is 0.609. The third-order valence-corrected chi connectivity index (χ3v) is 3.24. The average Bonchev–Trinajstić information content (AvgIpc) is 2.27. The van der Waals surface area contributed by atoms with Crippen molar-refractivity contribution in [2.24, 2.45) is 5.92 Å². The summed E-state index contributed by atoms with van der Waals surface area (Å²) in [6, 6.07) is 4.86. The minimum atomic E-state index is -0.257. The van der Waals surface area contributed by atoms with Crippen LogP contribution in [0.2, 0.25) is 0 Å². The lowest BCUT2D eigenvalue weighted by molar-refractivity contribution is -0.145. The zero-order valence-corrected chi connectivity index (χ0v) is 10.9. The van der Waals surface area contributed by atoms with Crippen LogP contribution < -0.4 is 0 Å². The van der Waals surface area contributed by atoms with Gasteiger partial charge in [-0.3, -0.25) is 4.79 Å². The fourth-order valence-electron chi connectivity index (χ4n) is 1.45. The first-order valence-corrected chi connectivity index (χ1v) is 5.86. The van der Waals surface area contributed by atoms with E-state index in [1.54, 1.807) is 19.1 Å². The number of carbonyl (C=O) groups excluding carboxylic acids is 1. The van der Waals surface area contributed by atoms with Crippen molar-refractivity contribution in [2.45, 2.75) is 19.8 Å². The maximum Gasteiger partial charge on any atom is 0.308 e. The lowest BCUT2D eigenvalue weighted by atomic mass is 10.0. The van der Waals surface area contributed by atoms with E-state index in [9.17, 15) is 9.18 Å². The minimum Gasteiger partial charge on any atom is -0.469 e. The molecule has 0 bridgehead atoms. The summed E-state index contributed by atoms with van der Waals surface area (Å²) in [5, 5.41) is 0. The lowest BCUT2D eigenvalue weighted by Crippen LogP contribution is -2.13. The Kier molecular flexibility index (Phi) is 4.93. The Labute approximate surface area is 103 Å². The summed E-state index contributed by atoms with van der Waals surface area (Å²) in [4.78, 5) is 11.2. The summed E-state index contributed by atoms with van der Waals surface area (Å²) in [6.45, 7) is 1.78. The summed E-state index contributed by atoms with van der Waals surface area (Å²) in [7, 11) is 1.36. The highest BCUT2D eigenvalue weighted by atomic mass is 79.9. The fourth-order valence-corrected chi connectivity index (χ4v) is 1.99. The molecule has 0 aromatic heterocycles. The van der Waals surface area contributed by atoms with Crippen molar-refractivity contribution in [2.75, 3.05) is 7.11 Å². The van der Waals surface area contributed by atoms with Crippen molar-refractivity contribution in [1.82, 2.24) is 0 Å². The van der Waals surface area contributed by atoms with Gasteiger partial charge >= 0.3 is 5.97 Å². The van der Waals surface area contributed by atoms with Crippen LogP contribution in [0.3, 0.4) is 0 Å². The highest BCUT2D eigenvalue weighted by molar-refractivity contribution is 9.10. The van der Waals surface area contributed by atoms with E-state index in [4.69, 9.17) is 0 Å². The summed E-state index contributed by atoms with van der Waals surface area (Å²) in [6.07, 6.45) is 1.09. The number of methoxy groups -OCH3 is 1. The molecule has 0 N–H and O–H groups in total. The van der Waals surface area contributed by atoms with Gasteiger partial charge in [0.25, 0.3) is 0 Å². The zero-order valence-electron chi connectivity index (χ0n) is 9.30. The van der Waals surface area contributed by atoms with E-state index < -0.39 is 0 Å². The molecule has 0 aliphatic heterocycles. The van der Waals surface area contributed by atoms with E-state index >= 15 is 0 Å². The van der Waals surface area contributed by atoms with Gasteiger partial charge in [-0.2, -0.15) is 0 Å². The third-order valence-electron chi connectivity index (χ3n) is 2.49. The molecule has 0 saturated carbocycles. The van der Waals surface area contributed by atoms with Crippen LogP contribution in [0.15, 0.2) is 22.7 Å². The van der Waals surface area contributed by atoms with Crippen LogP contribution in [0, 0.1) is 11.7 Å². The van der Waals surface area contributed by atoms with Crippen LogP contribution in [0.5, 0.6) is 0 Å². The number of hydrogen-bond donors (Lipinski definition) is 0. The Morgan fingerprint density at radius 3 is 2.81 bits per heavy atom. The molecule has 0 aliphatic rings. The Morgan fingerprint density at radius 2 is 2.25 bits per heavy atom. The van der Waals surface area contributed by atoms with Gasteiger partial charge in [0, 0.05) is 10.0 Å². The predicted molar refractivity (Wildman–Crippen MR) is 63.6 cm³/mol. The van der Waals surface area contributed by atoms with E-state index in [-0.39, 0.29) is 17.7 Å². The highest BCUT2D eigenvalue weighted by Gasteiger charge is 2.15. The number of esters is 1. The Hall–Kier alpha value is -0.900. The van der Waals surface area contributed by atoms with Crippen molar-refractivity contribution in [1.29, 1.82) is 0 Å². The van der Waals surface area contributed by atoms with E-state index in [0.29, 0.717) is 18.4 Å². The summed E-state index contributed by atoms with van der Waals surface area (Å²) in [5.74, 6) is -0.713. The number of halogens is 2. The van der Waals surface area contributed by atoms with Gasteiger partial charge in [0.05, 0.1) is 13.0 Å². The second kappa shape index (κ2) is 5.99. The van der Waals surface area contributed by atoms with Gasteiger partial charge in [-0.15, -0.1) is 0 Å². The molecule has 16 heavy (non-hydrogen) atoms. The first-order chi connectivity index (χ1) is 7.56. The molecule has 0 radical (unpaired) electrons. The van der Waals surface area contributed by atoms with Gasteiger partial charge < -0.3 is 4.74 Å². The van der Waals surface area contributed by atoms with Crippen LogP contribution in [-0.4, -0.2) is 13.1 Å². The van der Waals surface area contributed by atoms with Gasteiger partial charge in [0.1, 0.15) is 5.82 Å². The SMILES string of the molecule is COC(=O)[C@@H](C)CCc1c(F)cccc1Br. The van der Waals surface area contributed by atoms with E-state index in [1.807, 2.05) is 0 Å². The fraction of sp³-hybridized carbons (Fsp3) is 0.417. The van der Waals surface area contributed by atoms with Crippen LogP contribution in [0.4, 0.5) is 4.39 Å². The molecule has 1 rings (SSSR count). The van der Waals surface area contributed by atoms with Crippen molar-refractivity contribution in [3.8, 4) is 0 Å². The van der Waals surface area contributed by atoms with Crippen LogP contribution >= 0.6 is 15.9 Å². The van der Waals surface area contributed by atoms with Gasteiger partial charge in [0.15, 0.2) is 0 Å². The molecule has 0 unspecified atom stereocenters. The standard InChI is InChI=1S/C12H14BrFO2/c1-8(12(15)16-2)6-7-9-10(13)4-3-5-11(9)14/h3-5,8H,6-7H2,1-2H3/t8-/m0/s1. The Bertz CT molecular complexity index is 359. The number of ether oxygens (including phenoxy) is 1. The third kappa shape index (κ3) is 3.30. The second-order valence-corrected chi connectivity index (χ2v) is 4.52. The average molecular weight is 289 g/mol. The monoisotopic (exact) mass is 288 g/mol. The molecule has 0 spiro atoms. The van der Waals surface area contributed by atoms with Gasteiger partial charge in [-0.05, 0) is 25.0 Å². The Balaban J connectivity index is 2.64. The highest BCUT2D eigenvalue weighted by Crippen LogP contribution is 2.22. The molecular weight excluding hydrogens is 275 g/mol. The first-order valence-electron chi connectivity index (χ1n) is 5.07. The normalized spacial score (nSPS) is 12.2. The lowest BCUT2D eigenvalue weighted by Gasteiger charge is -2.10. The van der Waals surface area contributed by atoms with Crippen LogP contribution in [0.25, 0.3) is 0 Å². The first kappa shape index (κ1) is 13.2. The summed E-state index contributed by atoms with van der Waals surface area (Å²) >= 11 is 3.30.